The average Bonchev–Trinajstić information content (AvgIpc) is 2.40. The van der Waals surface area contributed by atoms with Crippen LogP contribution < -0.4 is 11.4 Å². The minimum absolute atomic E-state index is 0.0604. The van der Waals surface area contributed by atoms with E-state index < -0.39 is 37.3 Å². The SMILES string of the molecule is CC[C@@H](O)[C@@H](CO)OC(CO)n1ccc(N)nc1=O. The number of nitrogen functional groups attached to an aromatic ring is 1. The molecule has 0 aromatic carbocycles. The fourth-order valence-electron chi connectivity index (χ4n) is 1.56. The quantitative estimate of drug-likeness (QED) is 0.473. The average molecular weight is 273 g/mol. The molecule has 19 heavy (non-hydrogen) atoms. The van der Waals surface area contributed by atoms with Crippen LogP contribution in [0, 0.1) is 0 Å². The van der Waals surface area contributed by atoms with Crippen molar-refractivity contribution in [2.75, 3.05) is 18.9 Å². The summed E-state index contributed by atoms with van der Waals surface area (Å²) in [4.78, 5) is 15.1. The highest BCUT2D eigenvalue weighted by atomic mass is 16.5. The summed E-state index contributed by atoms with van der Waals surface area (Å²) in [6, 6.07) is 1.39. The second kappa shape index (κ2) is 7.19. The van der Waals surface area contributed by atoms with Gasteiger partial charge >= 0.3 is 5.69 Å². The lowest BCUT2D eigenvalue weighted by atomic mass is 10.1. The number of nitrogens with zero attached hydrogens (tertiary/aromatic N) is 2. The van der Waals surface area contributed by atoms with E-state index in [1.807, 2.05) is 0 Å². The van der Waals surface area contributed by atoms with Gasteiger partial charge in [-0.05, 0) is 12.5 Å². The maximum atomic E-state index is 11.6. The first-order chi connectivity index (χ1) is 9.03. The van der Waals surface area contributed by atoms with Gasteiger partial charge in [-0.15, -0.1) is 0 Å². The molecule has 0 aliphatic heterocycles. The van der Waals surface area contributed by atoms with Crippen molar-refractivity contribution in [2.24, 2.45) is 0 Å². The van der Waals surface area contributed by atoms with Crippen molar-refractivity contribution in [1.29, 1.82) is 0 Å². The number of anilines is 1. The van der Waals surface area contributed by atoms with Gasteiger partial charge in [0.2, 0.25) is 0 Å². The number of hydrogen-bond donors (Lipinski definition) is 4. The molecule has 0 saturated carbocycles. The van der Waals surface area contributed by atoms with Gasteiger partial charge in [-0.2, -0.15) is 4.98 Å². The summed E-state index contributed by atoms with van der Waals surface area (Å²) in [6.07, 6.45) is -1.13. The molecule has 8 heteroatoms. The van der Waals surface area contributed by atoms with E-state index in [0.717, 1.165) is 4.57 Å². The number of ether oxygens (including phenoxy) is 1. The fraction of sp³-hybridized carbons (Fsp3) is 0.636. The summed E-state index contributed by atoms with van der Waals surface area (Å²) in [5.41, 5.74) is 4.68. The molecule has 1 aromatic rings. The number of aliphatic hydroxyl groups is 3. The molecule has 0 spiro atoms. The number of nitrogens with two attached hydrogens (primary N) is 1. The zero-order valence-electron chi connectivity index (χ0n) is 10.6. The molecule has 0 amide bonds. The molecule has 108 valence electrons. The van der Waals surface area contributed by atoms with Crippen molar-refractivity contribution in [3.05, 3.63) is 22.7 Å². The molecular formula is C11H19N3O5. The van der Waals surface area contributed by atoms with Crippen LogP contribution in [-0.2, 0) is 4.74 Å². The van der Waals surface area contributed by atoms with Gasteiger partial charge in [-0.25, -0.2) is 4.79 Å². The van der Waals surface area contributed by atoms with E-state index in [9.17, 15) is 15.0 Å². The van der Waals surface area contributed by atoms with Gasteiger partial charge in [0, 0.05) is 6.20 Å². The van der Waals surface area contributed by atoms with E-state index in [1.165, 1.54) is 12.3 Å². The molecule has 3 atom stereocenters. The Morgan fingerprint density at radius 1 is 1.47 bits per heavy atom. The summed E-state index contributed by atoms with van der Waals surface area (Å²) < 4.78 is 6.38. The number of rotatable bonds is 7. The van der Waals surface area contributed by atoms with Crippen molar-refractivity contribution in [2.45, 2.75) is 31.8 Å². The van der Waals surface area contributed by atoms with Gasteiger partial charge in [0.1, 0.15) is 11.9 Å². The van der Waals surface area contributed by atoms with Crippen LogP contribution in [-0.4, -0.2) is 50.3 Å². The van der Waals surface area contributed by atoms with E-state index in [4.69, 9.17) is 15.6 Å². The highest BCUT2D eigenvalue weighted by Gasteiger charge is 2.23. The zero-order chi connectivity index (χ0) is 14.4. The van der Waals surface area contributed by atoms with Gasteiger partial charge in [-0.3, -0.25) is 4.57 Å². The Morgan fingerprint density at radius 3 is 2.63 bits per heavy atom. The molecule has 0 saturated heterocycles. The lowest BCUT2D eigenvalue weighted by Crippen LogP contribution is -2.38. The fourth-order valence-corrected chi connectivity index (χ4v) is 1.56. The summed E-state index contributed by atoms with van der Waals surface area (Å²) in [6.45, 7) is 0.794. The lowest BCUT2D eigenvalue weighted by Gasteiger charge is -2.26. The van der Waals surface area contributed by atoms with E-state index in [2.05, 4.69) is 4.98 Å². The van der Waals surface area contributed by atoms with E-state index in [0.29, 0.717) is 6.42 Å². The monoisotopic (exact) mass is 273 g/mol. The molecule has 0 aliphatic carbocycles. The predicted molar refractivity (Wildman–Crippen MR) is 67.3 cm³/mol. The van der Waals surface area contributed by atoms with Gasteiger partial charge in [0.25, 0.3) is 0 Å². The number of aliphatic hydroxyl groups excluding tert-OH is 3. The molecule has 0 bridgehead atoms. The molecule has 0 radical (unpaired) electrons. The van der Waals surface area contributed by atoms with Crippen molar-refractivity contribution in [3.63, 3.8) is 0 Å². The highest BCUT2D eigenvalue weighted by Crippen LogP contribution is 2.13. The summed E-state index contributed by atoms with van der Waals surface area (Å²) in [5.74, 6) is 0.0604. The van der Waals surface area contributed by atoms with Crippen molar-refractivity contribution >= 4 is 5.82 Å². The van der Waals surface area contributed by atoms with Gasteiger partial charge in [0.15, 0.2) is 6.23 Å². The lowest BCUT2D eigenvalue weighted by molar-refractivity contribution is -0.138. The summed E-state index contributed by atoms with van der Waals surface area (Å²) in [5, 5.41) is 28.0. The molecule has 5 N–H and O–H groups in total. The Morgan fingerprint density at radius 2 is 2.16 bits per heavy atom. The molecule has 1 aromatic heterocycles. The second-order valence-electron chi connectivity index (χ2n) is 4.01. The molecule has 1 rings (SSSR count). The third-order valence-corrected chi connectivity index (χ3v) is 2.68. The van der Waals surface area contributed by atoms with Crippen LogP contribution in [0.5, 0.6) is 0 Å². The maximum absolute atomic E-state index is 11.6. The third kappa shape index (κ3) is 4.00. The zero-order valence-corrected chi connectivity index (χ0v) is 10.6. The van der Waals surface area contributed by atoms with E-state index in [1.54, 1.807) is 6.92 Å². The smallest absolute Gasteiger partial charge is 0.351 e. The Bertz CT molecular complexity index is 450. The Kier molecular flexibility index (Phi) is 5.90. The third-order valence-electron chi connectivity index (χ3n) is 2.68. The van der Waals surface area contributed by atoms with Crippen molar-refractivity contribution in [1.82, 2.24) is 9.55 Å². The largest absolute Gasteiger partial charge is 0.394 e. The van der Waals surface area contributed by atoms with Crippen LogP contribution in [0.3, 0.4) is 0 Å². The predicted octanol–water partition coefficient (Wildman–Crippen LogP) is -1.54. The molecular weight excluding hydrogens is 254 g/mol. The highest BCUT2D eigenvalue weighted by molar-refractivity contribution is 5.23. The van der Waals surface area contributed by atoms with Crippen LogP contribution in [0.1, 0.15) is 19.6 Å². The minimum atomic E-state index is -1.04. The van der Waals surface area contributed by atoms with Crippen molar-refractivity contribution < 1.29 is 20.1 Å². The molecule has 0 fully saturated rings. The number of hydrogen-bond acceptors (Lipinski definition) is 7. The van der Waals surface area contributed by atoms with Gasteiger partial charge in [-0.1, -0.05) is 6.92 Å². The minimum Gasteiger partial charge on any atom is -0.394 e. The Labute approximate surface area is 110 Å². The topological polar surface area (TPSA) is 131 Å². The van der Waals surface area contributed by atoms with E-state index in [-0.39, 0.29) is 5.82 Å². The van der Waals surface area contributed by atoms with Crippen LogP contribution in [0.4, 0.5) is 5.82 Å². The standard InChI is InChI=1S/C11H19N3O5/c1-2-7(17)8(5-15)19-10(6-16)14-4-3-9(12)13-11(14)18/h3-4,7-8,10,15-17H,2,5-6H2,1H3,(H2,12,13,18)/t7-,8-,10?/m1/s1. The van der Waals surface area contributed by atoms with Crippen LogP contribution in [0.25, 0.3) is 0 Å². The molecule has 0 aliphatic rings. The van der Waals surface area contributed by atoms with Crippen LogP contribution >= 0.6 is 0 Å². The van der Waals surface area contributed by atoms with E-state index >= 15 is 0 Å². The summed E-state index contributed by atoms with van der Waals surface area (Å²) in [7, 11) is 0. The second-order valence-corrected chi connectivity index (χ2v) is 4.01. The normalized spacial score (nSPS) is 16.0. The Hall–Kier alpha value is -1.48. The van der Waals surface area contributed by atoms with Crippen LogP contribution in [0.2, 0.25) is 0 Å². The molecule has 1 unspecified atom stereocenters. The first-order valence-corrected chi connectivity index (χ1v) is 5.93. The van der Waals surface area contributed by atoms with Crippen LogP contribution in [0.15, 0.2) is 17.1 Å². The molecule has 1 heterocycles. The van der Waals surface area contributed by atoms with Gasteiger partial charge in [0.05, 0.1) is 19.3 Å². The first-order valence-electron chi connectivity index (χ1n) is 5.93. The number of aromatic nitrogens is 2. The summed E-state index contributed by atoms with van der Waals surface area (Å²) >= 11 is 0. The maximum Gasteiger partial charge on any atom is 0.351 e. The van der Waals surface area contributed by atoms with Crippen molar-refractivity contribution in [3.8, 4) is 0 Å². The first kappa shape index (κ1) is 15.6. The van der Waals surface area contributed by atoms with Gasteiger partial charge < -0.3 is 25.8 Å². The molecule has 8 nitrogen and oxygen atoms in total. The Balaban J connectivity index is 2.91.